The Balaban J connectivity index is 2.00. The number of carbonyl (C=O) groups is 2. The molecule has 0 radical (unpaired) electrons. The summed E-state index contributed by atoms with van der Waals surface area (Å²) in [5.74, 6) is -0.108. The average Bonchev–Trinajstić information content (AvgIpc) is 2.93. The first kappa shape index (κ1) is 21.4. The number of nitrogens with zero attached hydrogens (tertiary/aromatic N) is 1. The van der Waals surface area contributed by atoms with Crippen molar-refractivity contribution >= 4 is 33.2 Å². The van der Waals surface area contributed by atoms with Crippen LogP contribution in [0.3, 0.4) is 0 Å². The number of amides is 2. The third-order valence-corrected chi connectivity index (χ3v) is 5.38. The molecule has 0 saturated carbocycles. The molecule has 1 aromatic heterocycles. The fraction of sp³-hybridized carbons (Fsp3) is 0.353. The quantitative estimate of drug-likeness (QED) is 0.600. The van der Waals surface area contributed by atoms with E-state index in [2.05, 4.69) is 20.5 Å². The summed E-state index contributed by atoms with van der Waals surface area (Å²) in [6.07, 6.45) is -0.115. The maximum atomic E-state index is 12.3. The van der Waals surface area contributed by atoms with Crippen molar-refractivity contribution in [1.82, 2.24) is 9.88 Å². The Labute approximate surface area is 162 Å². The Morgan fingerprint density at radius 1 is 1.21 bits per heavy atom. The van der Waals surface area contributed by atoms with Gasteiger partial charge in [0.2, 0.25) is 21.8 Å². The fourth-order valence-electron chi connectivity index (χ4n) is 2.53. The number of aromatic nitrogens is 1. The van der Waals surface area contributed by atoms with Crippen LogP contribution in [0.25, 0.3) is 0 Å². The number of aryl methyl sites for hydroxylation is 2. The van der Waals surface area contributed by atoms with Gasteiger partial charge in [-0.2, -0.15) is 0 Å². The van der Waals surface area contributed by atoms with E-state index in [9.17, 15) is 18.0 Å². The molecular formula is C17H22N4O6S. The van der Waals surface area contributed by atoms with Crippen LogP contribution in [0.4, 0.5) is 11.4 Å². The standard InChI is InChI=1S/C17H22N4O6S/c1-10-17(11(2)27-21-10)28(24,25)18-8-7-16(23)20-14-9-13(19-12(3)22)5-6-15(14)26-4/h5-6,9,18H,7-8H2,1-4H3,(H,19,22)(H,20,23). The van der Waals surface area contributed by atoms with E-state index in [1.165, 1.54) is 27.9 Å². The minimum Gasteiger partial charge on any atom is -0.495 e. The van der Waals surface area contributed by atoms with Gasteiger partial charge in [0, 0.05) is 25.6 Å². The van der Waals surface area contributed by atoms with Crippen molar-refractivity contribution in [2.24, 2.45) is 0 Å². The van der Waals surface area contributed by atoms with Gasteiger partial charge in [-0.15, -0.1) is 0 Å². The normalized spacial score (nSPS) is 11.1. The van der Waals surface area contributed by atoms with Crippen molar-refractivity contribution in [2.45, 2.75) is 32.1 Å². The van der Waals surface area contributed by atoms with Gasteiger partial charge in [-0.05, 0) is 32.0 Å². The van der Waals surface area contributed by atoms with E-state index >= 15 is 0 Å². The van der Waals surface area contributed by atoms with E-state index in [1.54, 1.807) is 18.2 Å². The Kier molecular flexibility index (Phi) is 6.75. The molecular weight excluding hydrogens is 388 g/mol. The Morgan fingerprint density at radius 3 is 2.50 bits per heavy atom. The molecule has 3 N–H and O–H groups in total. The maximum Gasteiger partial charge on any atom is 0.245 e. The summed E-state index contributed by atoms with van der Waals surface area (Å²) in [5.41, 5.74) is 1.09. The molecule has 11 heteroatoms. The SMILES string of the molecule is COc1ccc(NC(C)=O)cc1NC(=O)CCNS(=O)(=O)c1c(C)noc1C. The van der Waals surface area contributed by atoms with Crippen LogP contribution >= 0.6 is 0 Å². The zero-order valence-electron chi connectivity index (χ0n) is 16.0. The second-order valence-electron chi connectivity index (χ2n) is 5.95. The van der Waals surface area contributed by atoms with Gasteiger partial charge < -0.3 is 19.9 Å². The number of methoxy groups -OCH3 is 1. The number of hydrogen-bond acceptors (Lipinski definition) is 7. The molecule has 0 saturated heterocycles. The number of anilines is 2. The molecule has 1 aromatic carbocycles. The molecule has 0 aliphatic heterocycles. The number of sulfonamides is 1. The number of benzene rings is 1. The number of rotatable bonds is 8. The van der Waals surface area contributed by atoms with Gasteiger partial charge >= 0.3 is 0 Å². The lowest BCUT2D eigenvalue weighted by Gasteiger charge is -2.12. The smallest absolute Gasteiger partial charge is 0.245 e. The largest absolute Gasteiger partial charge is 0.495 e. The van der Waals surface area contributed by atoms with Gasteiger partial charge in [-0.25, -0.2) is 13.1 Å². The van der Waals surface area contributed by atoms with E-state index in [0.29, 0.717) is 17.1 Å². The molecule has 2 aromatic rings. The molecule has 0 aliphatic rings. The van der Waals surface area contributed by atoms with E-state index in [4.69, 9.17) is 9.26 Å². The second kappa shape index (κ2) is 8.85. The van der Waals surface area contributed by atoms with Gasteiger partial charge in [0.1, 0.15) is 16.3 Å². The van der Waals surface area contributed by atoms with Crippen molar-refractivity contribution in [2.75, 3.05) is 24.3 Å². The summed E-state index contributed by atoms with van der Waals surface area (Å²) in [6.45, 7) is 4.27. The van der Waals surface area contributed by atoms with Gasteiger partial charge in [0.25, 0.3) is 0 Å². The number of nitrogens with one attached hydrogen (secondary N) is 3. The molecule has 2 amide bonds. The molecule has 0 aliphatic carbocycles. The summed E-state index contributed by atoms with van der Waals surface area (Å²) in [4.78, 5) is 23.3. The zero-order chi connectivity index (χ0) is 20.9. The zero-order valence-corrected chi connectivity index (χ0v) is 16.8. The maximum absolute atomic E-state index is 12.3. The first-order valence-electron chi connectivity index (χ1n) is 8.32. The third kappa shape index (κ3) is 5.30. The summed E-state index contributed by atoms with van der Waals surface area (Å²) in [5, 5.41) is 8.86. The molecule has 0 spiro atoms. The van der Waals surface area contributed by atoms with Crippen molar-refractivity contribution < 1.29 is 27.3 Å². The van der Waals surface area contributed by atoms with Crippen LogP contribution in [-0.2, 0) is 19.6 Å². The molecule has 10 nitrogen and oxygen atoms in total. The lowest BCUT2D eigenvalue weighted by molar-refractivity contribution is -0.116. The van der Waals surface area contributed by atoms with E-state index < -0.39 is 15.9 Å². The minimum absolute atomic E-state index is 0.0300. The van der Waals surface area contributed by atoms with Gasteiger partial charge in [0.15, 0.2) is 5.76 Å². The number of carbonyl (C=O) groups excluding carboxylic acids is 2. The molecule has 1 heterocycles. The first-order chi connectivity index (χ1) is 13.1. The molecule has 0 unspecified atom stereocenters. The highest BCUT2D eigenvalue weighted by Crippen LogP contribution is 2.28. The molecule has 0 bridgehead atoms. The van der Waals surface area contributed by atoms with Crippen molar-refractivity contribution in [3.63, 3.8) is 0 Å². The average molecular weight is 410 g/mol. The van der Waals surface area contributed by atoms with Crippen molar-refractivity contribution in [3.05, 3.63) is 29.7 Å². The van der Waals surface area contributed by atoms with Gasteiger partial charge in [-0.1, -0.05) is 5.16 Å². The van der Waals surface area contributed by atoms with Crippen molar-refractivity contribution in [3.8, 4) is 5.75 Å². The number of ether oxygens (including phenoxy) is 1. The van der Waals surface area contributed by atoms with Gasteiger partial charge in [-0.3, -0.25) is 9.59 Å². The lowest BCUT2D eigenvalue weighted by Crippen LogP contribution is -2.28. The molecule has 152 valence electrons. The number of hydrogen-bond donors (Lipinski definition) is 3. The molecule has 0 fully saturated rings. The van der Waals surface area contributed by atoms with Crippen LogP contribution in [0.15, 0.2) is 27.6 Å². The molecule has 2 rings (SSSR count). The summed E-state index contributed by atoms with van der Waals surface area (Å²) >= 11 is 0. The fourth-order valence-corrected chi connectivity index (χ4v) is 3.89. The van der Waals surface area contributed by atoms with E-state index in [-0.39, 0.29) is 35.2 Å². The topological polar surface area (TPSA) is 140 Å². The van der Waals surface area contributed by atoms with Crippen LogP contribution in [0.5, 0.6) is 5.75 Å². The third-order valence-electron chi connectivity index (χ3n) is 3.67. The Hall–Kier alpha value is -2.92. The highest BCUT2D eigenvalue weighted by Gasteiger charge is 2.24. The van der Waals surface area contributed by atoms with Crippen LogP contribution in [0, 0.1) is 13.8 Å². The predicted octanol–water partition coefficient (Wildman–Crippen LogP) is 1.57. The summed E-state index contributed by atoms with van der Waals surface area (Å²) < 4.78 is 37.0. The van der Waals surface area contributed by atoms with Gasteiger partial charge in [0.05, 0.1) is 12.8 Å². The van der Waals surface area contributed by atoms with E-state index in [1.807, 2.05) is 0 Å². The predicted molar refractivity (Wildman–Crippen MR) is 102 cm³/mol. The lowest BCUT2D eigenvalue weighted by atomic mass is 10.2. The minimum atomic E-state index is -3.84. The molecule has 28 heavy (non-hydrogen) atoms. The van der Waals surface area contributed by atoms with Crippen LogP contribution in [0.1, 0.15) is 24.8 Å². The second-order valence-corrected chi connectivity index (χ2v) is 7.65. The summed E-state index contributed by atoms with van der Waals surface area (Å²) in [6, 6.07) is 4.78. The summed E-state index contributed by atoms with van der Waals surface area (Å²) in [7, 11) is -2.39. The molecule has 0 atom stereocenters. The van der Waals surface area contributed by atoms with Crippen LogP contribution in [0.2, 0.25) is 0 Å². The van der Waals surface area contributed by atoms with Crippen LogP contribution in [-0.4, -0.2) is 39.0 Å². The Morgan fingerprint density at radius 2 is 1.93 bits per heavy atom. The van der Waals surface area contributed by atoms with E-state index in [0.717, 1.165) is 0 Å². The monoisotopic (exact) mass is 410 g/mol. The highest BCUT2D eigenvalue weighted by molar-refractivity contribution is 7.89. The Bertz CT molecular complexity index is 964. The first-order valence-corrected chi connectivity index (χ1v) is 9.80. The van der Waals surface area contributed by atoms with Crippen molar-refractivity contribution in [1.29, 1.82) is 0 Å². The highest BCUT2D eigenvalue weighted by atomic mass is 32.2. The van der Waals surface area contributed by atoms with Crippen LogP contribution < -0.4 is 20.1 Å².